The molecule has 222 valence electrons. The van der Waals surface area contributed by atoms with Gasteiger partial charge in [-0.15, -0.1) is 0 Å². The highest BCUT2D eigenvalue weighted by atomic mass is 19.1. The van der Waals surface area contributed by atoms with Gasteiger partial charge >= 0.3 is 0 Å². The van der Waals surface area contributed by atoms with Gasteiger partial charge in [0.05, 0.1) is 11.8 Å². The zero-order valence-electron chi connectivity index (χ0n) is 24.9. The molecule has 0 bridgehead atoms. The van der Waals surface area contributed by atoms with Gasteiger partial charge in [0.2, 0.25) is 0 Å². The monoisotopic (exact) mass is 578 g/mol. The number of halogens is 1. The van der Waals surface area contributed by atoms with Crippen LogP contribution >= 0.6 is 0 Å². The summed E-state index contributed by atoms with van der Waals surface area (Å²) in [5.41, 5.74) is 6.55. The van der Waals surface area contributed by atoms with E-state index in [4.69, 9.17) is 4.74 Å². The van der Waals surface area contributed by atoms with Crippen molar-refractivity contribution in [3.63, 3.8) is 0 Å². The van der Waals surface area contributed by atoms with E-state index in [1.165, 1.54) is 6.07 Å². The summed E-state index contributed by atoms with van der Waals surface area (Å²) in [6.07, 6.45) is 0.958. The number of amides is 1. The number of rotatable bonds is 9. The molecule has 6 rings (SSSR count). The van der Waals surface area contributed by atoms with Gasteiger partial charge in [-0.3, -0.25) is 9.69 Å². The number of hydrogen-bond donors (Lipinski definition) is 1. The van der Waals surface area contributed by atoms with Crippen LogP contribution in [0.15, 0.2) is 91.0 Å². The summed E-state index contributed by atoms with van der Waals surface area (Å²) in [5.74, 6) is 0.725. The van der Waals surface area contributed by atoms with Gasteiger partial charge in [0.25, 0.3) is 5.91 Å². The summed E-state index contributed by atoms with van der Waals surface area (Å²) in [6, 6.07) is 29.2. The summed E-state index contributed by atoms with van der Waals surface area (Å²) >= 11 is 0. The summed E-state index contributed by atoms with van der Waals surface area (Å²) in [7, 11) is 0. The second kappa shape index (κ2) is 12.9. The van der Waals surface area contributed by atoms with Crippen molar-refractivity contribution in [2.75, 3.05) is 47.8 Å². The number of carbonyl (C=O) groups excluding carboxylic acids is 1. The van der Waals surface area contributed by atoms with Crippen LogP contribution in [0.1, 0.15) is 40.9 Å². The first-order valence-corrected chi connectivity index (χ1v) is 15.2. The molecular weight excluding hydrogens is 539 g/mol. The Morgan fingerprint density at radius 1 is 0.860 bits per heavy atom. The number of nitrogens with one attached hydrogen (secondary N) is 1. The largest absolute Gasteiger partial charge is 0.489 e. The highest BCUT2D eigenvalue weighted by molar-refractivity contribution is 6.07. The summed E-state index contributed by atoms with van der Waals surface area (Å²) in [6.45, 7) is 9.69. The third kappa shape index (κ3) is 6.67. The van der Waals surface area contributed by atoms with E-state index in [-0.39, 0.29) is 17.8 Å². The van der Waals surface area contributed by atoms with E-state index in [0.717, 1.165) is 73.1 Å². The van der Waals surface area contributed by atoms with Gasteiger partial charge in [0, 0.05) is 68.3 Å². The molecule has 1 amide bonds. The highest BCUT2D eigenvalue weighted by Gasteiger charge is 2.26. The average molecular weight is 579 g/mol. The molecule has 2 heterocycles. The maximum atomic E-state index is 14.1. The highest BCUT2D eigenvalue weighted by Crippen LogP contribution is 2.33. The van der Waals surface area contributed by atoms with Crippen molar-refractivity contribution >= 4 is 23.0 Å². The third-order valence-corrected chi connectivity index (χ3v) is 8.19. The number of piperazine rings is 1. The van der Waals surface area contributed by atoms with Crippen molar-refractivity contribution in [3.8, 4) is 5.75 Å². The lowest BCUT2D eigenvalue weighted by molar-refractivity contribution is 0.0989. The molecule has 7 heteroatoms. The first-order valence-electron chi connectivity index (χ1n) is 15.2. The number of carbonyl (C=O) groups is 1. The number of nitrogens with zero attached hydrogens (tertiary/aromatic N) is 3. The Morgan fingerprint density at radius 2 is 1.65 bits per heavy atom. The number of benzene rings is 4. The minimum Gasteiger partial charge on any atom is -0.489 e. The molecule has 1 N–H and O–H groups in total. The van der Waals surface area contributed by atoms with E-state index in [1.807, 2.05) is 53.4 Å². The Kier molecular flexibility index (Phi) is 8.61. The van der Waals surface area contributed by atoms with Crippen molar-refractivity contribution in [1.82, 2.24) is 4.90 Å². The maximum absolute atomic E-state index is 14.1. The number of hydrogen-bond acceptors (Lipinski definition) is 5. The smallest absolute Gasteiger partial charge is 0.258 e. The lowest BCUT2D eigenvalue weighted by atomic mass is 10.1. The molecule has 0 spiro atoms. The second-order valence-corrected chi connectivity index (χ2v) is 11.6. The topological polar surface area (TPSA) is 48.1 Å². The minimum atomic E-state index is -0.226. The standard InChI is InChI=1S/C36H39FN4O2/c1-26(2)43-35-13-6-5-12-33(35)40-20-18-39(19-21-40)25-27-8-7-10-29(22-27)36(42)41-17-16-28-14-15-31(23-34(28)41)38-24-30-9-3-4-11-32(30)37/h3-15,22-23,26,38H,16-21,24-25H2,1-2H3. The molecule has 2 aliphatic rings. The first kappa shape index (κ1) is 28.7. The Labute approximate surface area is 253 Å². The van der Waals surface area contributed by atoms with Gasteiger partial charge in [-0.25, -0.2) is 4.39 Å². The number of ether oxygens (including phenoxy) is 1. The van der Waals surface area contributed by atoms with Crippen molar-refractivity contribution in [3.05, 3.63) is 119 Å². The van der Waals surface area contributed by atoms with E-state index in [9.17, 15) is 9.18 Å². The SMILES string of the molecule is CC(C)Oc1ccccc1N1CCN(Cc2cccc(C(=O)N3CCc4ccc(NCc5ccccc5F)cc43)c2)CC1. The first-order chi connectivity index (χ1) is 20.9. The Morgan fingerprint density at radius 3 is 2.47 bits per heavy atom. The molecule has 0 unspecified atom stereocenters. The minimum absolute atomic E-state index is 0.0124. The average Bonchev–Trinajstić information content (AvgIpc) is 3.44. The van der Waals surface area contributed by atoms with Crippen LogP contribution in [0.4, 0.5) is 21.5 Å². The molecular formula is C36H39FN4O2. The van der Waals surface area contributed by atoms with E-state index < -0.39 is 0 Å². The Bertz CT molecular complexity index is 1580. The number of anilines is 3. The zero-order chi connectivity index (χ0) is 29.8. The Balaban J connectivity index is 1.08. The lowest BCUT2D eigenvalue weighted by Gasteiger charge is -2.37. The number of para-hydroxylation sites is 2. The van der Waals surface area contributed by atoms with Crippen molar-refractivity contribution in [2.24, 2.45) is 0 Å². The van der Waals surface area contributed by atoms with Gasteiger partial charge in [0.15, 0.2) is 0 Å². The Hall–Kier alpha value is -4.36. The summed E-state index contributed by atoms with van der Waals surface area (Å²) < 4.78 is 20.1. The molecule has 0 atom stereocenters. The van der Waals surface area contributed by atoms with E-state index in [2.05, 4.69) is 53.2 Å². The van der Waals surface area contributed by atoms with Crippen LogP contribution in [0.25, 0.3) is 0 Å². The molecule has 6 nitrogen and oxygen atoms in total. The molecule has 1 saturated heterocycles. The van der Waals surface area contributed by atoms with Crippen LogP contribution < -0.4 is 19.9 Å². The summed E-state index contributed by atoms with van der Waals surface area (Å²) in [5, 5.41) is 3.32. The molecule has 0 aliphatic carbocycles. The zero-order valence-corrected chi connectivity index (χ0v) is 24.9. The molecule has 0 saturated carbocycles. The van der Waals surface area contributed by atoms with E-state index in [1.54, 1.807) is 12.1 Å². The van der Waals surface area contributed by atoms with Gasteiger partial charge in [0.1, 0.15) is 11.6 Å². The van der Waals surface area contributed by atoms with Crippen LogP contribution in [-0.4, -0.2) is 49.6 Å². The maximum Gasteiger partial charge on any atom is 0.258 e. The fraction of sp³-hybridized carbons (Fsp3) is 0.306. The van der Waals surface area contributed by atoms with Crippen LogP contribution in [-0.2, 0) is 19.5 Å². The van der Waals surface area contributed by atoms with E-state index >= 15 is 0 Å². The quantitative estimate of drug-likeness (QED) is 0.238. The van der Waals surface area contributed by atoms with E-state index in [0.29, 0.717) is 24.2 Å². The molecule has 4 aromatic carbocycles. The number of fused-ring (bicyclic) bond motifs is 1. The van der Waals surface area contributed by atoms with Crippen LogP contribution in [0.3, 0.4) is 0 Å². The molecule has 2 aliphatic heterocycles. The molecule has 0 radical (unpaired) electrons. The van der Waals surface area contributed by atoms with Crippen LogP contribution in [0.5, 0.6) is 5.75 Å². The summed E-state index contributed by atoms with van der Waals surface area (Å²) in [4.78, 5) is 20.4. The molecule has 43 heavy (non-hydrogen) atoms. The lowest BCUT2D eigenvalue weighted by Crippen LogP contribution is -2.46. The third-order valence-electron chi connectivity index (χ3n) is 8.19. The fourth-order valence-corrected chi connectivity index (χ4v) is 5.97. The second-order valence-electron chi connectivity index (χ2n) is 11.6. The van der Waals surface area contributed by atoms with Crippen molar-refractivity contribution in [1.29, 1.82) is 0 Å². The predicted molar refractivity (Wildman–Crippen MR) is 172 cm³/mol. The normalized spacial score (nSPS) is 15.1. The van der Waals surface area contributed by atoms with Gasteiger partial charge in [-0.2, -0.15) is 0 Å². The van der Waals surface area contributed by atoms with Crippen molar-refractivity contribution < 1.29 is 13.9 Å². The van der Waals surface area contributed by atoms with Crippen LogP contribution in [0, 0.1) is 5.82 Å². The van der Waals surface area contributed by atoms with Crippen molar-refractivity contribution in [2.45, 2.75) is 39.5 Å². The van der Waals surface area contributed by atoms with Gasteiger partial charge in [-0.1, -0.05) is 48.5 Å². The van der Waals surface area contributed by atoms with Gasteiger partial charge in [-0.05, 0) is 73.9 Å². The predicted octanol–water partition coefficient (Wildman–Crippen LogP) is 6.75. The molecule has 1 fully saturated rings. The van der Waals surface area contributed by atoms with Crippen LogP contribution in [0.2, 0.25) is 0 Å². The van der Waals surface area contributed by atoms with Gasteiger partial charge < -0.3 is 19.9 Å². The fourth-order valence-electron chi connectivity index (χ4n) is 5.97. The molecule has 4 aromatic rings. The molecule has 0 aromatic heterocycles.